The lowest BCUT2D eigenvalue weighted by molar-refractivity contribution is 0.0936. The van der Waals surface area contributed by atoms with Crippen molar-refractivity contribution in [2.45, 2.75) is 19.9 Å². The van der Waals surface area contributed by atoms with Gasteiger partial charge in [-0.1, -0.05) is 13.8 Å². The van der Waals surface area contributed by atoms with Gasteiger partial charge in [0.15, 0.2) is 0 Å². The molecule has 2 N–H and O–H groups in total. The predicted octanol–water partition coefficient (Wildman–Crippen LogP) is 0.613. The van der Waals surface area contributed by atoms with Gasteiger partial charge in [-0.2, -0.15) is 0 Å². The maximum absolute atomic E-state index is 10.4. The van der Waals surface area contributed by atoms with Crippen LogP contribution in [-0.4, -0.2) is 40.9 Å². The average Bonchev–Trinajstić information content (AvgIpc) is 1.88. The van der Waals surface area contributed by atoms with Crippen LogP contribution < -0.4 is 0 Å². The van der Waals surface area contributed by atoms with Gasteiger partial charge in [0.05, 0.1) is 12.6 Å². The van der Waals surface area contributed by atoms with Crippen LogP contribution in [-0.2, 0) is 0 Å². The van der Waals surface area contributed by atoms with Crippen LogP contribution in [0.4, 0.5) is 4.79 Å². The summed E-state index contributed by atoms with van der Waals surface area (Å²) in [4.78, 5) is 11.5. The van der Waals surface area contributed by atoms with E-state index in [9.17, 15) is 4.79 Å². The molecule has 4 heteroatoms. The van der Waals surface area contributed by atoms with Crippen molar-refractivity contribution in [2.24, 2.45) is 5.92 Å². The number of rotatable bonds is 3. The Labute approximate surface area is 66.4 Å². The Morgan fingerprint density at radius 1 is 1.55 bits per heavy atom. The highest BCUT2D eigenvalue weighted by atomic mass is 16.4. The molecule has 0 saturated heterocycles. The van der Waals surface area contributed by atoms with E-state index in [1.165, 1.54) is 7.05 Å². The fraction of sp³-hybridized carbons (Fsp3) is 0.857. The van der Waals surface area contributed by atoms with Gasteiger partial charge in [0.1, 0.15) is 0 Å². The van der Waals surface area contributed by atoms with Gasteiger partial charge in [-0.25, -0.2) is 4.79 Å². The molecule has 0 bridgehead atoms. The average molecular weight is 161 g/mol. The lowest BCUT2D eigenvalue weighted by Crippen LogP contribution is -2.41. The molecule has 1 amide bonds. The zero-order valence-corrected chi connectivity index (χ0v) is 7.11. The number of amides is 1. The highest BCUT2D eigenvalue weighted by Gasteiger charge is 2.20. The summed E-state index contributed by atoms with van der Waals surface area (Å²) in [6.45, 7) is 3.63. The first-order chi connectivity index (χ1) is 5.00. The van der Waals surface area contributed by atoms with Crippen molar-refractivity contribution in [3.05, 3.63) is 0 Å². The molecule has 0 spiro atoms. The Hall–Kier alpha value is -0.770. The van der Waals surface area contributed by atoms with E-state index in [0.717, 1.165) is 4.90 Å². The molecule has 0 saturated carbocycles. The number of aliphatic hydroxyl groups excluding tert-OH is 1. The Bertz CT molecular complexity index is 136. The molecule has 0 fully saturated rings. The summed E-state index contributed by atoms with van der Waals surface area (Å²) in [6.07, 6.45) is -1.00. The summed E-state index contributed by atoms with van der Waals surface area (Å²) in [5.74, 6) is 0.140. The molecule has 4 nitrogen and oxygen atoms in total. The van der Waals surface area contributed by atoms with E-state index in [4.69, 9.17) is 10.2 Å². The number of hydrogen-bond donors (Lipinski definition) is 2. The number of carbonyl (C=O) groups is 1. The van der Waals surface area contributed by atoms with E-state index < -0.39 is 6.09 Å². The molecule has 66 valence electrons. The van der Waals surface area contributed by atoms with Gasteiger partial charge >= 0.3 is 6.09 Å². The van der Waals surface area contributed by atoms with Gasteiger partial charge in [-0.05, 0) is 5.92 Å². The molecule has 11 heavy (non-hydrogen) atoms. The van der Waals surface area contributed by atoms with Crippen LogP contribution in [0.5, 0.6) is 0 Å². The van der Waals surface area contributed by atoms with Crippen LogP contribution in [0, 0.1) is 5.92 Å². The molecule has 0 aliphatic heterocycles. The lowest BCUT2D eigenvalue weighted by atomic mass is 10.0. The highest BCUT2D eigenvalue weighted by Crippen LogP contribution is 2.07. The second kappa shape index (κ2) is 4.18. The Balaban J connectivity index is 4.13. The summed E-state index contributed by atoms with van der Waals surface area (Å²) < 4.78 is 0. The number of hydrogen-bond acceptors (Lipinski definition) is 2. The standard InChI is InChI=1S/C7H15NO3/c1-5(2)6(4-9)8(3)7(10)11/h5-6,9H,4H2,1-3H3,(H,10,11). The molecule has 0 aromatic carbocycles. The molecule has 0 aromatic rings. The topological polar surface area (TPSA) is 60.8 Å². The van der Waals surface area contributed by atoms with Crippen molar-refractivity contribution in [1.29, 1.82) is 0 Å². The zero-order chi connectivity index (χ0) is 9.02. The first-order valence-electron chi connectivity index (χ1n) is 3.57. The van der Waals surface area contributed by atoms with E-state index in [-0.39, 0.29) is 18.6 Å². The fourth-order valence-corrected chi connectivity index (χ4v) is 0.922. The van der Waals surface area contributed by atoms with Crippen LogP contribution >= 0.6 is 0 Å². The first kappa shape index (κ1) is 10.2. The van der Waals surface area contributed by atoms with Gasteiger partial charge in [0.2, 0.25) is 0 Å². The molecule has 0 aliphatic carbocycles. The maximum atomic E-state index is 10.4. The van der Waals surface area contributed by atoms with Gasteiger partial charge in [-0.3, -0.25) is 0 Å². The minimum absolute atomic E-state index is 0.125. The second-order valence-electron chi connectivity index (χ2n) is 2.89. The molecule has 1 unspecified atom stereocenters. The van der Waals surface area contributed by atoms with Crippen LogP contribution in [0.25, 0.3) is 0 Å². The molecule has 0 aliphatic rings. The van der Waals surface area contributed by atoms with E-state index in [0.29, 0.717) is 0 Å². The molecule has 0 aromatic heterocycles. The van der Waals surface area contributed by atoms with Crippen LogP contribution in [0.1, 0.15) is 13.8 Å². The van der Waals surface area contributed by atoms with Crippen molar-refractivity contribution in [2.75, 3.05) is 13.7 Å². The monoisotopic (exact) mass is 161 g/mol. The Morgan fingerprint density at radius 3 is 2.09 bits per heavy atom. The molecular weight excluding hydrogens is 146 g/mol. The Kier molecular flexibility index (Phi) is 3.89. The largest absolute Gasteiger partial charge is 0.465 e. The highest BCUT2D eigenvalue weighted by molar-refractivity contribution is 5.65. The number of likely N-dealkylation sites (N-methyl/N-ethyl adjacent to an activating group) is 1. The smallest absolute Gasteiger partial charge is 0.407 e. The number of aliphatic hydroxyl groups is 1. The molecule has 0 radical (unpaired) electrons. The molecule has 0 heterocycles. The normalized spacial score (nSPS) is 13.2. The summed E-state index contributed by atoms with van der Waals surface area (Å²) in [6, 6.07) is -0.299. The number of nitrogens with zero attached hydrogens (tertiary/aromatic N) is 1. The predicted molar refractivity (Wildman–Crippen MR) is 41.5 cm³/mol. The lowest BCUT2D eigenvalue weighted by Gasteiger charge is -2.26. The van der Waals surface area contributed by atoms with Gasteiger partial charge < -0.3 is 15.1 Å². The van der Waals surface area contributed by atoms with Crippen LogP contribution in [0.2, 0.25) is 0 Å². The van der Waals surface area contributed by atoms with Crippen LogP contribution in [0.15, 0.2) is 0 Å². The van der Waals surface area contributed by atoms with Gasteiger partial charge in [0.25, 0.3) is 0 Å². The van der Waals surface area contributed by atoms with Crippen LogP contribution in [0.3, 0.4) is 0 Å². The van der Waals surface area contributed by atoms with Gasteiger partial charge in [-0.15, -0.1) is 0 Å². The van der Waals surface area contributed by atoms with Crippen molar-refractivity contribution in [3.8, 4) is 0 Å². The van der Waals surface area contributed by atoms with E-state index in [2.05, 4.69) is 0 Å². The Morgan fingerprint density at radius 2 is 2.00 bits per heavy atom. The summed E-state index contributed by atoms with van der Waals surface area (Å²) in [5.41, 5.74) is 0. The van der Waals surface area contributed by atoms with Crippen molar-refractivity contribution < 1.29 is 15.0 Å². The second-order valence-corrected chi connectivity index (χ2v) is 2.89. The van der Waals surface area contributed by atoms with E-state index >= 15 is 0 Å². The first-order valence-corrected chi connectivity index (χ1v) is 3.57. The van der Waals surface area contributed by atoms with E-state index in [1.54, 1.807) is 0 Å². The third kappa shape index (κ3) is 2.76. The zero-order valence-electron chi connectivity index (χ0n) is 7.11. The minimum Gasteiger partial charge on any atom is -0.465 e. The quantitative estimate of drug-likeness (QED) is 0.637. The van der Waals surface area contributed by atoms with Crippen molar-refractivity contribution in [1.82, 2.24) is 4.90 Å². The third-order valence-electron chi connectivity index (χ3n) is 1.76. The summed E-state index contributed by atoms with van der Waals surface area (Å²) in [7, 11) is 1.46. The van der Waals surface area contributed by atoms with E-state index in [1.807, 2.05) is 13.8 Å². The summed E-state index contributed by atoms with van der Waals surface area (Å²) in [5, 5.41) is 17.4. The van der Waals surface area contributed by atoms with Crippen molar-refractivity contribution >= 4 is 6.09 Å². The molecule has 1 atom stereocenters. The number of carboxylic acid groups (broad SMARTS) is 1. The maximum Gasteiger partial charge on any atom is 0.407 e. The van der Waals surface area contributed by atoms with Gasteiger partial charge in [0, 0.05) is 7.05 Å². The molecular formula is C7H15NO3. The fourth-order valence-electron chi connectivity index (χ4n) is 0.922. The summed E-state index contributed by atoms with van der Waals surface area (Å²) >= 11 is 0. The third-order valence-corrected chi connectivity index (χ3v) is 1.76. The van der Waals surface area contributed by atoms with Crippen molar-refractivity contribution in [3.63, 3.8) is 0 Å². The minimum atomic E-state index is -1.00. The SMILES string of the molecule is CC(C)C(CO)N(C)C(=O)O. The molecule has 0 rings (SSSR count).